The van der Waals surface area contributed by atoms with Crippen molar-refractivity contribution in [2.75, 3.05) is 6.54 Å². The van der Waals surface area contributed by atoms with Crippen LogP contribution in [0.3, 0.4) is 0 Å². The first-order chi connectivity index (χ1) is 9.99. The summed E-state index contributed by atoms with van der Waals surface area (Å²) in [6, 6.07) is 8.52. The van der Waals surface area contributed by atoms with Gasteiger partial charge in [0.05, 0.1) is 12.2 Å². The van der Waals surface area contributed by atoms with Crippen molar-refractivity contribution in [1.29, 1.82) is 0 Å². The molecular formula is C18H27N3. The Morgan fingerprint density at radius 1 is 1.14 bits per heavy atom. The van der Waals surface area contributed by atoms with Gasteiger partial charge in [-0.25, -0.2) is 0 Å². The van der Waals surface area contributed by atoms with Crippen molar-refractivity contribution in [2.45, 2.75) is 47.7 Å². The fraction of sp³-hybridized carbons (Fsp3) is 0.500. The van der Waals surface area contributed by atoms with Gasteiger partial charge in [0.25, 0.3) is 0 Å². The molecule has 0 bridgehead atoms. The summed E-state index contributed by atoms with van der Waals surface area (Å²) in [4.78, 5) is 0. The van der Waals surface area contributed by atoms with Crippen LogP contribution in [-0.2, 0) is 13.1 Å². The van der Waals surface area contributed by atoms with Crippen molar-refractivity contribution in [3.8, 4) is 0 Å². The van der Waals surface area contributed by atoms with Crippen LogP contribution in [0.2, 0.25) is 0 Å². The second kappa shape index (κ2) is 6.90. The number of aromatic nitrogens is 2. The Balaban J connectivity index is 2.13. The second-order valence-electron chi connectivity index (χ2n) is 6.26. The Labute approximate surface area is 128 Å². The van der Waals surface area contributed by atoms with E-state index in [1.807, 2.05) is 0 Å². The average molecular weight is 285 g/mol. The van der Waals surface area contributed by atoms with Crippen LogP contribution in [0.5, 0.6) is 0 Å². The SMILES string of the molecule is Cc1ccccc1Cn1nc(C)c(CNCC(C)C)c1C. The molecule has 0 saturated heterocycles. The van der Waals surface area contributed by atoms with E-state index in [9.17, 15) is 0 Å². The molecule has 1 heterocycles. The topological polar surface area (TPSA) is 29.9 Å². The van der Waals surface area contributed by atoms with E-state index >= 15 is 0 Å². The van der Waals surface area contributed by atoms with Gasteiger partial charge in [-0.15, -0.1) is 0 Å². The Kier molecular flexibility index (Phi) is 5.18. The summed E-state index contributed by atoms with van der Waals surface area (Å²) >= 11 is 0. The molecule has 0 aliphatic heterocycles. The number of hydrogen-bond acceptors (Lipinski definition) is 2. The summed E-state index contributed by atoms with van der Waals surface area (Å²) in [5.41, 5.74) is 6.41. The lowest BCUT2D eigenvalue weighted by molar-refractivity contribution is 0.550. The van der Waals surface area contributed by atoms with E-state index in [1.54, 1.807) is 0 Å². The van der Waals surface area contributed by atoms with Crippen LogP contribution >= 0.6 is 0 Å². The molecule has 1 N–H and O–H groups in total. The van der Waals surface area contributed by atoms with Crippen LogP contribution in [-0.4, -0.2) is 16.3 Å². The first kappa shape index (κ1) is 15.8. The molecule has 114 valence electrons. The van der Waals surface area contributed by atoms with Crippen LogP contribution < -0.4 is 5.32 Å². The molecule has 1 aromatic carbocycles. The van der Waals surface area contributed by atoms with Crippen LogP contribution in [0.1, 0.15) is 41.9 Å². The lowest BCUT2D eigenvalue weighted by atomic mass is 10.1. The summed E-state index contributed by atoms with van der Waals surface area (Å²) in [6.45, 7) is 13.7. The van der Waals surface area contributed by atoms with Gasteiger partial charge in [-0.05, 0) is 44.4 Å². The summed E-state index contributed by atoms with van der Waals surface area (Å²) in [5.74, 6) is 0.674. The lowest BCUT2D eigenvalue weighted by Crippen LogP contribution is -2.19. The number of nitrogens with zero attached hydrogens (tertiary/aromatic N) is 2. The van der Waals surface area contributed by atoms with Crippen molar-refractivity contribution in [1.82, 2.24) is 15.1 Å². The summed E-state index contributed by atoms with van der Waals surface area (Å²) < 4.78 is 2.13. The zero-order valence-corrected chi connectivity index (χ0v) is 13.9. The number of hydrogen-bond donors (Lipinski definition) is 1. The van der Waals surface area contributed by atoms with Gasteiger partial charge in [0.15, 0.2) is 0 Å². The highest BCUT2D eigenvalue weighted by molar-refractivity contribution is 5.29. The van der Waals surface area contributed by atoms with Gasteiger partial charge in [-0.2, -0.15) is 5.10 Å². The maximum atomic E-state index is 4.72. The quantitative estimate of drug-likeness (QED) is 0.879. The third kappa shape index (κ3) is 3.94. The highest BCUT2D eigenvalue weighted by Gasteiger charge is 2.12. The van der Waals surface area contributed by atoms with Gasteiger partial charge in [0, 0.05) is 17.8 Å². The minimum atomic E-state index is 0.674. The average Bonchev–Trinajstić information content (AvgIpc) is 2.68. The molecule has 3 heteroatoms. The Morgan fingerprint density at radius 3 is 2.52 bits per heavy atom. The van der Waals surface area contributed by atoms with E-state index in [0.717, 1.165) is 25.3 Å². The largest absolute Gasteiger partial charge is 0.312 e. The third-order valence-electron chi connectivity index (χ3n) is 3.97. The number of nitrogens with one attached hydrogen (secondary N) is 1. The van der Waals surface area contributed by atoms with Crippen molar-refractivity contribution in [3.63, 3.8) is 0 Å². The molecule has 2 aromatic rings. The fourth-order valence-corrected chi connectivity index (χ4v) is 2.58. The molecule has 0 aliphatic rings. The van der Waals surface area contributed by atoms with Crippen LogP contribution in [0.25, 0.3) is 0 Å². The van der Waals surface area contributed by atoms with Crippen molar-refractivity contribution < 1.29 is 0 Å². The molecule has 0 radical (unpaired) electrons. The van der Waals surface area contributed by atoms with E-state index in [0.29, 0.717) is 5.92 Å². The smallest absolute Gasteiger partial charge is 0.0665 e. The molecule has 0 fully saturated rings. The molecule has 0 saturated carbocycles. The fourth-order valence-electron chi connectivity index (χ4n) is 2.58. The molecule has 21 heavy (non-hydrogen) atoms. The van der Waals surface area contributed by atoms with Crippen molar-refractivity contribution in [3.05, 3.63) is 52.3 Å². The second-order valence-corrected chi connectivity index (χ2v) is 6.26. The van der Waals surface area contributed by atoms with E-state index in [-0.39, 0.29) is 0 Å². The van der Waals surface area contributed by atoms with E-state index < -0.39 is 0 Å². The molecule has 1 aromatic heterocycles. The van der Waals surface area contributed by atoms with E-state index in [1.165, 1.54) is 22.4 Å². The highest BCUT2D eigenvalue weighted by Crippen LogP contribution is 2.16. The Morgan fingerprint density at radius 2 is 1.86 bits per heavy atom. The molecule has 0 amide bonds. The molecule has 0 atom stereocenters. The number of aryl methyl sites for hydroxylation is 2. The van der Waals surface area contributed by atoms with Gasteiger partial charge in [-0.3, -0.25) is 4.68 Å². The highest BCUT2D eigenvalue weighted by atomic mass is 15.3. The van der Waals surface area contributed by atoms with Crippen LogP contribution in [0.4, 0.5) is 0 Å². The maximum Gasteiger partial charge on any atom is 0.0665 e. The monoisotopic (exact) mass is 285 g/mol. The van der Waals surface area contributed by atoms with Gasteiger partial charge >= 0.3 is 0 Å². The zero-order chi connectivity index (χ0) is 15.4. The zero-order valence-electron chi connectivity index (χ0n) is 13.9. The van der Waals surface area contributed by atoms with Crippen molar-refractivity contribution in [2.24, 2.45) is 5.92 Å². The predicted octanol–water partition coefficient (Wildman–Crippen LogP) is 3.60. The van der Waals surface area contributed by atoms with E-state index in [2.05, 4.69) is 68.9 Å². The Bertz CT molecular complexity index is 597. The molecule has 0 unspecified atom stereocenters. The van der Waals surface area contributed by atoms with Gasteiger partial charge in [0.2, 0.25) is 0 Å². The molecular weight excluding hydrogens is 258 g/mol. The Hall–Kier alpha value is -1.61. The minimum absolute atomic E-state index is 0.674. The normalized spacial score (nSPS) is 11.3. The van der Waals surface area contributed by atoms with Gasteiger partial charge in [-0.1, -0.05) is 38.1 Å². The van der Waals surface area contributed by atoms with Crippen LogP contribution in [0.15, 0.2) is 24.3 Å². The maximum absolute atomic E-state index is 4.72. The molecule has 0 spiro atoms. The third-order valence-corrected chi connectivity index (χ3v) is 3.97. The van der Waals surface area contributed by atoms with Gasteiger partial charge in [0.1, 0.15) is 0 Å². The summed E-state index contributed by atoms with van der Waals surface area (Å²) in [5, 5.41) is 8.24. The molecule has 0 aliphatic carbocycles. The van der Waals surface area contributed by atoms with E-state index in [4.69, 9.17) is 5.10 Å². The molecule has 3 nitrogen and oxygen atoms in total. The number of benzene rings is 1. The first-order valence-corrected chi connectivity index (χ1v) is 7.77. The lowest BCUT2D eigenvalue weighted by Gasteiger charge is -2.09. The van der Waals surface area contributed by atoms with Crippen LogP contribution in [0, 0.1) is 26.7 Å². The first-order valence-electron chi connectivity index (χ1n) is 7.77. The standard InChI is InChI=1S/C18H27N3/c1-13(2)10-19-11-18-15(4)20-21(16(18)5)12-17-9-7-6-8-14(17)3/h6-9,13,19H,10-12H2,1-5H3. The van der Waals surface area contributed by atoms with Crippen molar-refractivity contribution >= 4 is 0 Å². The van der Waals surface area contributed by atoms with Gasteiger partial charge < -0.3 is 5.32 Å². The summed E-state index contributed by atoms with van der Waals surface area (Å²) in [6.07, 6.45) is 0. The predicted molar refractivity (Wildman–Crippen MR) is 88.5 cm³/mol. The minimum Gasteiger partial charge on any atom is -0.312 e. The molecule has 2 rings (SSSR count). The summed E-state index contributed by atoms with van der Waals surface area (Å²) in [7, 11) is 0. The number of rotatable bonds is 6.